The van der Waals surface area contributed by atoms with Gasteiger partial charge in [-0.3, -0.25) is 9.59 Å². The Hall–Kier alpha value is -1.75. The summed E-state index contributed by atoms with van der Waals surface area (Å²) in [4.78, 5) is 23.1. The highest BCUT2D eigenvalue weighted by Gasteiger charge is 2.32. The van der Waals surface area contributed by atoms with Gasteiger partial charge in [-0.25, -0.2) is 0 Å². The number of carbonyl (C=O) groups excluding carboxylic acids is 1. The highest BCUT2D eigenvalue weighted by atomic mass is 35.5. The Morgan fingerprint density at radius 2 is 2.05 bits per heavy atom. The monoisotopic (exact) mass is 313 g/mol. The number of rotatable bonds is 7. The van der Waals surface area contributed by atoms with Crippen molar-refractivity contribution in [2.75, 3.05) is 6.54 Å². The first-order chi connectivity index (χ1) is 9.80. The smallest absolute Gasteiger partial charge is 0.311 e. The number of carbonyl (C=O) groups is 2. The highest BCUT2D eigenvalue weighted by Crippen LogP contribution is 2.24. The number of carboxylic acid groups (broad SMARTS) is 1. The second-order valence-electron chi connectivity index (χ2n) is 5.13. The van der Waals surface area contributed by atoms with Crippen molar-refractivity contribution in [3.05, 3.63) is 29.3 Å². The van der Waals surface area contributed by atoms with E-state index in [1.807, 2.05) is 0 Å². The molecule has 5 nitrogen and oxygen atoms in total. The summed E-state index contributed by atoms with van der Waals surface area (Å²) in [5.41, 5.74) is -0.986. The highest BCUT2D eigenvalue weighted by molar-refractivity contribution is 6.32. The molecule has 0 saturated carbocycles. The Bertz CT molecular complexity index is 520. The van der Waals surface area contributed by atoms with Crippen molar-refractivity contribution >= 4 is 23.5 Å². The van der Waals surface area contributed by atoms with Crippen LogP contribution in [0.15, 0.2) is 24.3 Å². The Morgan fingerprint density at radius 1 is 1.43 bits per heavy atom. The van der Waals surface area contributed by atoms with Crippen LogP contribution in [0.25, 0.3) is 0 Å². The van der Waals surface area contributed by atoms with Gasteiger partial charge in [0.05, 0.1) is 10.4 Å². The molecule has 1 rings (SSSR count). The van der Waals surface area contributed by atoms with Crippen molar-refractivity contribution in [3.63, 3.8) is 0 Å². The first-order valence-electron chi connectivity index (χ1n) is 6.72. The average molecular weight is 314 g/mol. The third-order valence-corrected chi connectivity index (χ3v) is 3.77. The summed E-state index contributed by atoms with van der Waals surface area (Å²) < 4.78 is 5.47. The summed E-state index contributed by atoms with van der Waals surface area (Å²) >= 11 is 5.95. The first kappa shape index (κ1) is 17.3. The quantitative estimate of drug-likeness (QED) is 0.811. The predicted molar refractivity (Wildman–Crippen MR) is 80.6 cm³/mol. The standard InChI is InChI=1S/C15H20ClNO4/c1-4-15(3,14(19)20)9-17-13(18)10(2)21-12-8-6-5-7-11(12)16/h5-8,10H,4,9H2,1-3H3,(H,17,18)(H,19,20). The van der Waals surface area contributed by atoms with Crippen LogP contribution in [0, 0.1) is 5.41 Å². The molecule has 0 bridgehead atoms. The van der Waals surface area contributed by atoms with E-state index in [0.717, 1.165) is 0 Å². The number of ether oxygens (including phenoxy) is 1. The van der Waals surface area contributed by atoms with E-state index < -0.39 is 17.5 Å². The van der Waals surface area contributed by atoms with Gasteiger partial charge < -0.3 is 15.2 Å². The summed E-state index contributed by atoms with van der Waals surface area (Å²) in [5.74, 6) is -0.904. The summed E-state index contributed by atoms with van der Waals surface area (Å²) in [6.07, 6.45) is -0.345. The third kappa shape index (κ3) is 4.63. The van der Waals surface area contributed by atoms with Gasteiger partial charge >= 0.3 is 5.97 Å². The van der Waals surface area contributed by atoms with Crippen molar-refractivity contribution in [3.8, 4) is 5.75 Å². The lowest BCUT2D eigenvalue weighted by molar-refractivity contribution is -0.148. The molecule has 2 atom stereocenters. The number of benzene rings is 1. The van der Waals surface area contributed by atoms with E-state index in [0.29, 0.717) is 17.2 Å². The molecule has 1 amide bonds. The number of halogens is 1. The molecule has 2 N–H and O–H groups in total. The number of amides is 1. The molecule has 0 fully saturated rings. The summed E-state index contributed by atoms with van der Waals surface area (Å²) in [7, 11) is 0. The molecule has 0 heterocycles. The van der Waals surface area contributed by atoms with Crippen molar-refractivity contribution in [1.82, 2.24) is 5.32 Å². The normalized spacial score (nSPS) is 14.9. The van der Waals surface area contributed by atoms with E-state index in [2.05, 4.69) is 5.32 Å². The van der Waals surface area contributed by atoms with Crippen molar-refractivity contribution in [2.24, 2.45) is 5.41 Å². The minimum absolute atomic E-state index is 0.0495. The first-order valence-corrected chi connectivity index (χ1v) is 7.10. The van der Waals surface area contributed by atoms with E-state index in [4.69, 9.17) is 21.4 Å². The SMILES string of the molecule is CCC(C)(CNC(=O)C(C)Oc1ccccc1Cl)C(=O)O. The molecule has 21 heavy (non-hydrogen) atoms. The van der Waals surface area contributed by atoms with Crippen LogP contribution in [0.4, 0.5) is 0 Å². The maximum Gasteiger partial charge on any atom is 0.311 e. The second kappa shape index (κ2) is 7.31. The Kier molecular flexibility index (Phi) is 6.03. The largest absolute Gasteiger partial charge is 0.481 e. The fourth-order valence-electron chi connectivity index (χ4n) is 1.56. The maximum atomic E-state index is 12.0. The molecule has 6 heteroatoms. The Labute approximate surface area is 129 Å². The van der Waals surface area contributed by atoms with Gasteiger partial charge in [-0.1, -0.05) is 30.7 Å². The van der Waals surface area contributed by atoms with Crippen molar-refractivity contribution in [1.29, 1.82) is 0 Å². The molecule has 0 radical (unpaired) electrons. The average Bonchev–Trinajstić information content (AvgIpc) is 2.46. The van der Waals surface area contributed by atoms with E-state index >= 15 is 0 Å². The Balaban J connectivity index is 2.60. The number of para-hydroxylation sites is 1. The molecule has 0 spiro atoms. The minimum atomic E-state index is -0.986. The van der Waals surface area contributed by atoms with Crippen LogP contribution in [0.3, 0.4) is 0 Å². The van der Waals surface area contributed by atoms with Gasteiger partial charge in [0.2, 0.25) is 0 Å². The fourth-order valence-corrected chi connectivity index (χ4v) is 1.74. The third-order valence-electron chi connectivity index (χ3n) is 3.46. The topological polar surface area (TPSA) is 75.6 Å². The Morgan fingerprint density at radius 3 is 2.57 bits per heavy atom. The number of hydrogen-bond acceptors (Lipinski definition) is 3. The molecule has 0 saturated heterocycles. The predicted octanol–water partition coefficient (Wildman–Crippen LogP) is 2.72. The van der Waals surface area contributed by atoms with Crippen molar-refractivity contribution < 1.29 is 19.4 Å². The van der Waals surface area contributed by atoms with E-state index in [9.17, 15) is 9.59 Å². The zero-order valence-corrected chi connectivity index (χ0v) is 13.1. The molecule has 2 unspecified atom stereocenters. The van der Waals surface area contributed by atoms with Gasteiger partial charge in [0.25, 0.3) is 5.91 Å². The molecule has 0 aromatic heterocycles. The van der Waals surface area contributed by atoms with E-state index in [-0.39, 0.29) is 12.5 Å². The lowest BCUT2D eigenvalue weighted by Gasteiger charge is -2.24. The lowest BCUT2D eigenvalue weighted by Crippen LogP contribution is -2.44. The number of nitrogens with one attached hydrogen (secondary N) is 1. The molecule has 0 aliphatic carbocycles. The molecule has 0 aliphatic heterocycles. The molecular weight excluding hydrogens is 294 g/mol. The molecular formula is C15H20ClNO4. The zero-order chi connectivity index (χ0) is 16.0. The van der Waals surface area contributed by atoms with Crippen LogP contribution in [0.1, 0.15) is 27.2 Å². The van der Waals surface area contributed by atoms with Gasteiger partial charge in [-0.15, -0.1) is 0 Å². The van der Waals surface area contributed by atoms with Crippen LogP contribution in [-0.4, -0.2) is 29.6 Å². The fraction of sp³-hybridized carbons (Fsp3) is 0.467. The lowest BCUT2D eigenvalue weighted by atomic mass is 9.87. The van der Waals surface area contributed by atoms with Gasteiger partial charge in [0.1, 0.15) is 5.75 Å². The van der Waals surface area contributed by atoms with Crippen LogP contribution < -0.4 is 10.1 Å². The molecule has 0 aliphatic rings. The minimum Gasteiger partial charge on any atom is -0.481 e. The molecule has 116 valence electrons. The number of aliphatic carboxylic acids is 1. The van der Waals surface area contributed by atoms with Crippen LogP contribution >= 0.6 is 11.6 Å². The van der Waals surface area contributed by atoms with Gasteiger partial charge in [0, 0.05) is 6.54 Å². The van der Waals surface area contributed by atoms with Crippen LogP contribution in [0.5, 0.6) is 5.75 Å². The number of hydrogen-bond donors (Lipinski definition) is 2. The van der Waals surface area contributed by atoms with Crippen LogP contribution in [0.2, 0.25) is 5.02 Å². The van der Waals surface area contributed by atoms with Gasteiger partial charge in [-0.05, 0) is 32.4 Å². The zero-order valence-electron chi connectivity index (χ0n) is 12.4. The molecule has 1 aromatic rings. The maximum absolute atomic E-state index is 12.0. The van der Waals surface area contributed by atoms with Gasteiger partial charge in [0.15, 0.2) is 6.10 Å². The van der Waals surface area contributed by atoms with Gasteiger partial charge in [-0.2, -0.15) is 0 Å². The number of carboxylic acids is 1. The summed E-state index contributed by atoms with van der Waals surface area (Å²) in [5, 5.41) is 12.2. The molecule has 1 aromatic carbocycles. The van der Waals surface area contributed by atoms with Crippen LogP contribution in [-0.2, 0) is 9.59 Å². The van der Waals surface area contributed by atoms with Crippen molar-refractivity contribution in [2.45, 2.75) is 33.3 Å². The summed E-state index contributed by atoms with van der Waals surface area (Å²) in [6.45, 7) is 5.00. The van der Waals surface area contributed by atoms with E-state index in [1.54, 1.807) is 45.0 Å². The summed E-state index contributed by atoms with van der Waals surface area (Å²) in [6, 6.07) is 6.85. The van der Waals surface area contributed by atoms with E-state index in [1.165, 1.54) is 0 Å². The second-order valence-corrected chi connectivity index (χ2v) is 5.53.